The van der Waals surface area contributed by atoms with Crippen LogP contribution in [0.25, 0.3) is 11.3 Å². The van der Waals surface area contributed by atoms with Gasteiger partial charge in [-0.1, -0.05) is 36.3 Å². The number of hydrogen-bond donors (Lipinski definition) is 2. The maximum Gasteiger partial charge on any atom is 0.271 e. The van der Waals surface area contributed by atoms with Crippen molar-refractivity contribution in [3.8, 4) is 35.1 Å². The molecule has 186 valence electrons. The van der Waals surface area contributed by atoms with Gasteiger partial charge in [-0.25, -0.2) is 10.4 Å². The highest BCUT2D eigenvalue weighted by molar-refractivity contribution is 9.10. The zero-order valence-corrected chi connectivity index (χ0v) is 22.3. The summed E-state index contributed by atoms with van der Waals surface area (Å²) in [6.45, 7) is 2.45. The summed E-state index contributed by atoms with van der Waals surface area (Å²) in [4.78, 5) is 17.2. The van der Waals surface area contributed by atoms with E-state index in [1.54, 1.807) is 24.3 Å². The molecule has 37 heavy (non-hydrogen) atoms. The van der Waals surface area contributed by atoms with E-state index in [2.05, 4.69) is 42.7 Å². The lowest BCUT2D eigenvalue weighted by molar-refractivity contribution is 0.0955. The first-order chi connectivity index (χ1) is 18.1. The maximum absolute atomic E-state index is 12.6. The van der Waals surface area contributed by atoms with Crippen molar-refractivity contribution in [2.24, 2.45) is 5.10 Å². The Labute approximate surface area is 227 Å². The summed E-state index contributed by atoms with van der Waals surface area (Å²) >= 11 is 4.99. The second kappa shape index (κ2) is 12.7. The first kappa shape index (κ1) is 25.9. The number of thiazole rings is 1. The number of terminal acetylenes is 1. The van der Waals surface area contributed by atoms with Gasteiger partial charge in [-0.2, -0.15) is 5.10 Å². The average molecular weight is 575 g/mol. The lowest BCUT2D eigenvalue weighted by Gasteiger charge is -2.13. The molecule has 1 aromatic heterocycles. The van der Waals surface area contributed by atoms with Crippen LogP contribution in [-0.2, 0) is 0 Å². The van der Waals surface area contributed by atoms with Gasteiger partial charge in [0.05, 0.1) is 23.0 Å². The van der Waals surface area contributed by atoms with Gasteiger partial charge in [-0.3, -0.25) is 4.79 Å². The minimum atomic E-state index is -0.328. The largest absolute Gasteiger partial charge is 0.490 e. The van der Waals surface area contributed by atoms with Gasteiger partial charge in [-0.05, 0) is 64.8 Å². The minimum Gasteiger partial charge on any atom is -0.490 e. The van der Waals surface area contributed by atoms with Gasteiger partial charge in [0.15, 0.2) is 16.6 Å². The topological polar surface area (TPSA) is 84.8 Å². The molecule has 1 heterocycles. The lowest BCUT2D eigenvalue weighted by atomic mass is 10.1. The first-order valence-electron chi connectivity index (χ1n) is 11.3. The maximum atomic E-state index is 12.6. The summed E-state index contributed by atoms with van der Waals surface area (Å²) in [5, 5.41) is 10.1. The summed E-state index contributed by atoms with van der Waals surface area (Å²) < 4.78 is 11.9. The third-order valence-electron chi connectivity index (χ3n) is 4.98. The van der Waals surface area contributed by atoms with E-state index in [9.17, 15) is 4.79 Å². The quantitative estimate of drug-likeness (QED) is 0.128. The monoisotopic (exact) mass is 574 g/mol. The van der Waals surface area contributed by atoms with Crippen molar-refractivity contribution in [3.05, 3.63) is 87.7 Å². The van der Waals surface area contributed by atoms with Crippen LogP contribution in [0.5, 0.6) is 11.5 Å². The number of hydrogen-bond acceptors (Lipinski definition) is 7. The molecule has 0 bridgehead atoms. The Morgan fingerprint density at radius 1 is 1.16 bits per heavy atom. The highest BCUT2D eigenvalue weighted by Crippen LogP contribution is 2.36. The molecule has 0 fully saturated rings. The molecule has 7 nitrogen and oxygen atoms in total. The van der Waals surface area contributed by atoms with E-state index in [1.807, 2.05) is 54.8 Å². The molecular weight excluding hydrogens is 552 g/mol. The van der Waals surface area contributed by atoms with Crippen molar-refractivity contribution in [2.75, 3.05) is 18.5 Å². The Bertz CT molecular complexity index is 1430. The zero-order chi connectivity index (χ0) is 26.0. The molecule has 4 rings (SSSR count). The van der Waals surface area contributed by atoms with Crippen LogP contribution < -0.4 is 20.2 Å². The molecule has 0 saturated heterocycles. The molecular formula is C28H23BrN4O3S. The van der Waals surface area contributed by atoms with Gasteiger partial charge in [-0.15, -0.1) is 17.8 Å². The number of para-hydroxylation sites is 1. The van der Waals surface area contributed by atoms with Crippen LogP contribution in [0.4, 0.5) is 10.8 Å². The number of nitrogens with one attached hydrogen (secondary N) is 2. The van der Waals surface area contributed by atoms with Gasteiger partial charge in [0.1, 0.15) is 6.61 Å². The number of hydrazone groups is 1. The van der Waals surface area contributed by atoms with Crippen molar-refractivity contribution in [2.45, 2.75) is 6.92 Å². The van der Waals surface area contributed by atoms with Crippen molar-refractivity contribution in [3.63, 3.8) is 0 Å². The van der Waals surface area contributed by atoms with E-state index < -0.39 is 0 Å². The van der Waals surface area contributed by atoms with Crippen LogP contribution in [0.2, 0.25) is 0 Å². The van der Waals surface area contributed by atoms with Gasteiger partial charge < -0.3 is 14.8 Å². The zero-order valence-electron chi connectivity index (χ0n) is 19.9. The molecule has 0 aliphatic carbocycles. The number of carbonyl (C=O) groups excluding carboxylic acids is 1. The summed E-state index contributed by atoms with van der Waals surface area (Å²) in [5.74, 6) is 3.15. The van der Waals surface area contributed by atoms with Crippen LogP contribution in [0.1, 0.15) is 22.8 Å². The molecule has 0 unspecified atom stereocenters. The fourth-order valence-electron chi connectivity index (χ4n) is 3.31. The molecule has 2 N–H and O–H groups in total. The van der Waals surface area contributed by atoms with Crippen LogP contribution in [-0.4, -0.2) is 30.3 Å². The van der Waals surface area contributed by atoms with Gasteiger partial charge in [0.25, 0.3) is 5.91 Å². The minimum absolute atomic E-state index is 0.120. The number of carbonyl (C=O) groups is 1. The highest BCUT2D eigenvalue weighted by Gasteiger charge is 2.12. The fraction of sp³-hybridized carbons (Fsp3) is 0.107. The Balaban J connectivity index is 1.38. The molecule has 1 amide bonds. The number of amides is 1. The van der Waals surface area contributed by atoms with E-state index in [0.29, 0.717) is 33.7 Å². The Hall–Kier alpha value is -4.13. The molecule has 0 saturated carbocycles. The second-order valence-corrected chi connectivity index (χ2v) is 9.27. The summed E-state index contributed by atoms with van der Waals surface area (Å²) in [5.41, 5.74) is 6.47. The smallest absolute Gasteiger partial charge is 0.271 e. The third kappa shape index (κ3) is 6.97. The van der Waals surface area contributed by atoms with E-state index in [1.165, 1.54) is 17.6 Å². The second-order valence-electron chi connectivity index (χ2n) is 7.56. The van der Waals surface area contributed by atoms with Crippen molar-refractivity contribution < 1.29 is 14.3 Å². The molecule has 0 aliphatic heterocycles. The van der Waals surface area contributed by atoms with Crippen LogP contribution in [0.3, 0.4) is 0 Å². The predicted molar refractivity (Wildman–Crippen MR) is 152 cm³/mol. The molecule has 3 aromatic carbocycles. The molecule has 9 heteroatoms. The number of nitrogens with zero attached hydrogens (tertiary/aromatic N) is 2. The predicted octanol–water partition coefficient (Wildman–Crippen LogP) is 6.49. The third-order valence-corrected chi connectivity index (χ3v) is 6.33. The number of benzene rings is 3. The average Bonchev–Trinajstić information content (AvgIpc) is 3.37. The summed E-state index contributed by atoms with van der Waals surface area (Å²) in [7, 11) is 0. The first-order valence-corrected chi connectivity index (χ1v) is 13.0. The Morgan fingerprint density at radius 3 is 2.68 bits per heavy atom. The van der Waals surface area contributed by atoms with E-state index >= 15 is 0 Å². The molecule has 0 spiro atoms. The molecule has 0 aliphatic rings. The summed E-state index contributed by atoms with van der Waals surface area (Å²) in [6.07, 6.45) is 6.82. The van der Waals surface area contributed by atoms with E-state index in [0.717, 1.165) is 22.1 Å². The molecule has 0 atom stereocenters. The number of aromatic nitrogens is 1. The van der Waals surface area contributed by atoms with Gasteiger partial charge in [0, 0.05) is 22.2 Å². The number of anilines is 2. The number of rotatable bonds is 10. The molecule has 0 radical (unpaired) electrons. The van der Waals surface area contributed by atoms with Crippen molar-refractivity contribution in [1.82, 2.24) is 10.4 Å². The lowest BCUT2D eigenvalue weighted by Crippen LogP contribution is -2.17. The Kier molecular flexibility index (Phi) is 8.92. The van der Waals surface area contributed by atoms with Crippen molar-refractivity contribution in [1.29, 1.82) is 0 Å². The van der Waals surface area contributed by atoms with Gasteiger partial charge in [0.2, 0.25) is 0 Å². The van der Waals surface area contributed by atoms with Crippen LogP contribution in [0.15, 0.2) is 81.7 Å². The van der Waals surface area contributed by atoms with Crippen molar-refractivity contribution >= 4 is 50.2 Å². The fourth-order valence-corrected chi connectivity index (χ4v) is 4.62. The van der Waals surface area contributed by atoms with Crippen LogP contribution >= 0.6 is 27.3 Å². The van der Waals surface area contributed by atoms with Gasteiger partial charge >= 0.3 is 0 Å². The Morgan fingerprint density at radius 2 is 1.95 bits per heavy atom. The normalized spacial score (nSPS) is 10.6. The van der Waals surface area contributed by atoms with E-state index in [-0.39, 0.29) is 12.5 Å². The number of ether oxygens (including phenoxy) is 2. The number of halogens is 1. The standard InChI is InChI=1S/C28H23BrN4O3S/c1-3-14-36-26-23(29)15-19(16-25(26)35-4-2)17-30-33-27(34)21-12-10-20(11-13-21)24-18-37-28(32-24)31-22-8-6-5-7-9-22/h1,5-13,15-18H,4,14H2,2H3,(H,31,32)(H,33,34)/b30-17-. The van der Waals surface area contributed by atoms with Crippen LogP contribution in [0, 0.1) is 12.3 Å². The molecule has 4 aromatic rings. The highest BCUT2D eigenvalue weighted by atomic mass is 79.9. The van der Waals surface area contributed by atoms with E-state index in [4.69, 9.17) is 15.9 Å². The SMILES string of the molecule is C#CCOc1c(Br)cc(/C=N\NC(=O)c2ccc(-c3csc(Nc4ccccc4)n3)cc2)cc1OCC. The summed E-state index contributed by atoms with van der Waals surface area (Å²) in [6, 6.07) is 20.6.